The molecule has 8 nitrogen and oxygen atoms in total. The SMILES string of the molecule is Cc1nc2c3ccccc3nc(SCC(=O)Nc3ccc(S(=O)(=O)C(F)F)cc3)n2n1. The summed E-state index contributed by atoms with van der Waals surface area (Å²) in [5.41, 5.74) is 1.65. The lowest BCUT2D eigenvalue weighted by atomic mass is 10.2. The van der Waals surface area contributed by atoms with Crippen LogP contribution < -0.4 is 5.32 Å². The van der Waals surface area contributed by atoms with Crippen LogP contribution in [-0.4, -0.2) is 45.4 Å². The molecule has 0 atom stereocenters. The van der Waals surface area contributed by atoms with Gasteiger partial charge in [0, 0.05) is 11.1 Å². The van der Waals surface area contributed by atoms with E-state index in [0.29, 0.717) is 16.6 Å². The van der Waals surface area contributed by atoms with Crippen molar-refractivity contribution < 1.29 is 22.0 Å². The van der Waals surface area contributed by atoms with Crippen LogP contribution in [0.5, 0.6) is 0 Å². The molecule has 1 N–H and O–H groups in total. The molecule has 0 aliphatic rings. The summed E-state index contributed by atoms with van der Waals surface area (Å²) in [6.45, 7) is 1.76. The molecule has 4 aromatic rings. The first-order valence-electron chi connectivity index (χ1n) is 8.92. The van der Waals surface area contributed by atoms with Gasteiger partial charge in [-0.05, 0) is 43.3 Å². The molecule has 2 aromatic carbocycles. The van der Waals surface area contributed by atoms with Crippen molar-refractivity contribution >= 4 is 49.7 Å². The van der Waals surface area contributed by atoms with E-state index in [0.717, 1.165) is 34.8 Å². The normalized spacial score (nSPS) is 12.0. The number of hydrogen-bond acceptors (Lipinski definition) is 7. The minimum atomic E-state index is -4.68. The second-order valence-electron chi connectivity index (χ2n) is 6.47. The molecule has 0 saturated carbocycles. The van der Waals surface area contributed by atoms with Crippen LogP contribution in [0.2, 0.25) is 0 Å². The lowest BCUT2D eigenvalue weighted by molar-refractivity contribution is -0.113. The molecule has 0 radical (unpaired) electrons. The van der Waals surface area contributed by atoms with Crippen LogP contribution in [0.25, 0.3) is 16.6 Å². The molecule has 12 heteroatoms. The summed E-state index contributed by atoms with van der Waals surface area (Å²) >= 11 is 1.16. The Kier molecular flexibility index (Phi) is 5.58. The number of nitrogens with zero attached hydrogens (tertiary/aromatic N) is 4. The van der Waals surface area contributed by atoms with Crippen molar-refractivity contribution in [1.82, 2.24) is 19.6 Å². The van der Waals surface area contributed by atoms with Crippen LogP contribution in [-0.2, 0) is 14.6 Å². The van der Waals surface area contributed by atoms with E-state index in [-0.39, 0.29) is 17.3 Å². The van der Waals surface area contributed by atoms with E-state index < -0.39 is 20.5 Å². The largest absolute Gasteiger partial charge is 0.341 e. The van der Waals surface area contributed by atoms with Gasteiger partial charge in [0.05, 0.1) is 16.2 Å². The van der Waals surface area contributed by atoms with Gasteiger partial charge in [0.15, 0.2) is 10.8 Å². The number of aryl methyl sites for hydroxylation is 1. The summed E-state index contributed by atoms with van der Waals surface area (Å²) in [6, 6.07) is 12.0. The van der Waals surface area contributed by atoms with Crippen LogP contribution in [0.15, 0.2) is 58.6 Å². The van der Waals surface area contributed by atoms with Gasteiger partial charge in [0.1, 0.15) is 5.82 Å². The van der Waals surface area contributed by atoms with Crippen molar-refractivity contribution in [2.75, 3.05) is 11.1 Å². The summed E-state index contributed by atoms with van der Waals surface area (Å²) < 4.78 is 49.7. The molecule has 1 amide bonds. The number of sulfone groups is 1. The number of alkyl halides is 2. The predicted molar refractivity (Wildman–Crippen MR) is 112 cm³/mol. The molecular weight excluding hydrogens is 448 g/mol. The zero-order valence-corrected chi connectivity index (χ0v) is 17.6. The molecule has 0 fully saturated rings. The van der Waals surface area contributed by atoms with Gasteiger partial charge in [-0.25, -0.2) is 18.4 Å². The van der Waals surface area contributed by atoms with E-state index >= 15 is 0 Å². The highest BCUT2D eigenvalue weighted by molar-refractivity contribution is 7.99. The molecule has 0 aliphatic carbocycles. The van der Waals surface area contributed by atoms with Gasteiger partial charge in [-0.1, -0.05) is 23.9 Å². The van der Waals surface area contributed by atoms with Crippen LogP contribution >= 0.6 is 11.8 Å². The number of fused-ring (bicyclic) bond motifs is 3. The third kappa shape index (κ3) is 4.21. The lowest BCUT2D eigenvalue weighted by Gasteiger charge is -2.08. The average Bonchev–Trinajstić information content (AvgIpc) is 3.14. The number of carbonyl (C=O) groups excluding carboxylic acids is 1. The second-order valence-corrected chi connectivity index (χ2v) is 9.33. The number of aromatic nitrogens is 4. The quantitative estimate of drug-likeness (QED) is 0.345. The fraction of sp³-hybridized carbons (Fsp3) is 0.158. The Balaban J connectivity index is 1.49. The van der Waals surface area contributed by atoms with Crippen LogP contribution in [0.3, 0.4) is 0 Å². The molecule has 2 heterocycles. The maximum atomic E-state index is 12.6. The van der Waals surface area contributed by atoms with E-state index in [2.05, 4.69) is 20.4 Å². The summed E-state index contributed by atoms with van der Waals surface area (Å²) in [7, 11) is -4.68. The molecule has 0 aliphatic heterocycles. The maximum absolute atomic E-state index is 12.6. The number of para-hydroxylation sites is 1. The van der Waals surface area contributed by atoms with Crippen LogP contribution in [0.1, 0.15) is 5.82 Å². The first-order valence-corrected chi connectivity index (χ1v) is 11.5. The fourth-order valence-corrected chi connectivity index (χ4v) is 4.35. The van der Waals surface area contributed by atoms with Gasteiger partial charge in [-0.2, -0.15) is 13.3 Å². The number of nitrogens with one attached hydrogen (secondary N) is 1. The smallest absolute Gasteiger partial charge is 0.325 e. The van der Waals surface area contributed by atoms with Crippen molar-refractivity contribution in [2.24, 2.45) is 0 Å². The molecule has 4 rings (SSSR count). The monoisotopic (exact) mass is 463 g/mol. The summed E-state index contributed by atoms with van der Waals surface area (Å²) in [5.74, 6) is -3.31. The van der Waals surface area contributed by atoms with Gasteiger partial charge in [-0.15, -0.1) is 5.10 Å². The number of thioether (sulfide) groups is 1. The molecule has 0 bridgehead atoms. The number of hydrogen-bond donors (Lipinski definition) is 1. The van der Waals surface area contributed by atoms with Crippen molar-refractivity contribution in [1.29, 1.82) is 0 Å². The molecule has 0 unspecified atom stereocenters. The van der Waals surface area contributed by atoms with Crippen molar-refractivity contribution in [3.05, 3.63) is 54.4 Å². The fourth-order valence-electron chi connectivity index (χ4n) is 2.88. The van der Waals surface area contributed by atoms with E-state index in [1.54, 1.807) is 11.4 Å². The Labute approximate surface area is 179 Å². The number of anilines is 1. The summed E-state index contributed by atoms with van der Waals surface area (Å²) in [4.78, 5) is 20.8. The molecule has 31 heavy (non-hydrogen) atoms. The second kappa shape index (κ2) is 8.19. The average molecular weight is 463 g/mol. The Bertz CT molecular complexity index is 1390. The summed E-state index contributed by atoms with van der Waals surface area (Å²) in [5, 5.41) is 8.27. The maximum Gasteiger partial charge on any atom is 0.341 e. The van der Waals surface area contributed by atoms with E-state index in [1.807, 2.05) is 24.3 Å². The molecule has 0 spiro atoms. The first kappa shape index (κ1) is 21.1. The minimum Gasteiger partial charge on any atom is -0.325 e. The predicted octanol–water partition coefficient (Wildman–Crippen LogP) is 3.31. The van der Waals surface area contributed by atoms with Crippen molar-refractivity contribution in [3.8, 4) is 0 Å². The Morgan fingerprint density at radius 2 is 1.84 bits per heavy atom. The van der Waals surface area contributed by atoms with E-state index in [4.69, 9.17) is 0 Å². The summed E-state index contributed by atoms with van der Waals surface area (Å²) in [6.07, 6.45) is 0. The molecule has 0 saturated heterocycles. The van der Waals surface area contributed by atoms with Gasteiger partial charge in [0.25, 0.3) is 0 Å². The zero-order chi connectivity index (χ0) is 22.2. The Hall–Kier alpha value is -3.12. The van der Waals surface area contributed by atoms with Crippen molar-refractivity contribution in [3.63, 3.8) is 0 Å². The lowest BCUT2D eigenvalue weighted by Crippen LogP contribution is -2.15. The molecular formula is C19H15F2N5O3S2. The number of benzene rings is 2. The Morgan fingerprint density at radius 1 is 1.13 bits per heavy atom. The van der Waals surface area contributed by atoms with Gasteiger partial charge < -0.3 is 5.32 Å². The first-order chi connectivity index (χ1) is 14.8. The number of amides is 1. The molecule has 2 aromatic heterocycles. The van der Waals surface area contributed by atoms with E-state index in [1.165, 1.54) is 12.1 Å². The molecule has 160 valence electrons. The number of rotatable bonds is 6. The highest BCUT2D eigenvalue weighted by Gasteiger charge is 2.26. The van der Waals surface area contributed by atoms with Crippen molar-refractivity contribution in [2.45, 2.75) is 22.7 Å². The number of halogens is 2. The Morgan fingerprint density at radius 3 is 2.55 bits per heavy atom. The van der Waals surface area contributed by atoms with E-state index in [9.17, 15) is 22.0 Å². The third-order valence-electron chi connectivity index (χ3n) is 4.29. The topological polar surface area (TPSA) is 106 Å². The third-order valence-corrected chi connectivity index (χ3v) is 6.62. The van der Waals surface area contributed by atoms with Crippen LogP contribution in [0, 0.1) is 6.92 Å². The van der Waals surface area contributed by atoms with Gasteiger partial charge in [-0.3, -0.25) is 4.79 Å². The number of carbonyl (C=O) groups is 1. The highest BCUT2D eigenvalue weighted by Crippen LogP contribution is 2.24. The standard InChI is InChI=1S/C19H15F2N5O3S2/c1-11-22-17-14-4-2-3-5-15(14)24-19(26(17)25-11)30-10-16(27)23-12-6-8-13(9-7-12)31(28,29)18(20)21/h2-9,18H,10H2,1H3,(H,23,27). The van der Waals surface area contributed by atoms with Crippen LogP contribution in [0.4, 0.5) is 14.5 Å². The van der Waals surface area contributed by atoms with Gasteiger partial charge in [0.2, 0.25) is 15.7 Å². The minimum absolute atomic E-state index is 0.00354. The van der Waals surface area contributed by atoms with Gasteiger partial charge >= 0.3 is 5.76 Å². The highest BCUT2D eigenvalue weighted by atomic mass is 32.2. The zero-order valence-electron chi connectivity index (χ0n) is 16.0.